The molecule has 2 aromatic heterocycles. The van der Waals surface area contributed by atoms with E-state index in [4.69, 9.17) is 4.74 Å². The molecule has 0 radical (unpaired) electrons. The van der Waals surface area contributed by atoms with Gasteiger partial charge in [-0.2, -0.15) is 10.3 Å². The number of nitrogens with one attached hydrogen (secondary N) is 2. The molecule has 1 fully saturated rings. The van der Waals surface area contributed by atoms with Crippen LogP contribution in [0.3, 0.4) is 0 Å². The van der Waals surface area contributed by atoms with Crippen molar-refractivity contribution >= 4 is 22.8 Å². The van der Waals surface area contributed by atoms with Crippen LogP contribution in [-0.4, -0.2) is 37.4 Å². The van der Waals surface area contributed by atoms with E-state index in [1.165, 1.54) is 37.2 Å². The minimum absolute atomic E-state index is 0.104. The Balaban J connectivity index is 1.33. The molecule has 4 aromatic rings. The van der Waals surface area contributed by atoms with Crippen LogP contribution in [0.25, 0.3) is 22.6 Å². The van der Waals surface area contributed by atoms with Crippen LogP contribution in [0.15, 0.2) is 48.7 Å². The Bertz CT molecular complexity index is 1230. The highest BCUT2D eigenvalue weighted by molar-refractivity contribution is 6.05. The Morgan fingerprint density at radius 1 is 1.10 bits per heavy atom. The minimum Gasteiger partial charge on any atom is -0.490 e. The number of amides is 1. The number of hydrogen-bond donors (Lipinski definition) is 2. The monoisotopic (exact) mass is 418 g/mol. The SMILES string of the molecule is O=C(Nc1ccc(OC2CCCC2)cc1)c1cc(-c2ncc3n[nH]nc3n2)ccc1F. The van der Waals surface area contributed by atoms with Crippen molar-refractivity contribution in [3.63, 3.8) is 0 Å². The molecule has 1 aliphatic carbocycles. The number of aromatic nitrogens is 5. The molecular formula is C22H19FN6O2. The van der Waals surface area contributed by atoms with Crippen molar-refractivity contribution in [1.82, 2.24) is 25.4 Å². The molecule has 1 aliphatic rings. The van der Waals surface area contributed by atoms with E-state index in [0.717, 1.165) is 18.6 Å². The van der Waals surface area contributed by atoms with Gasteiger partial charge in [-0.15, -0.1) is 5.10 Å². The van der Waals surface area contributed by atoms with Gasteiger partial charge in [0.05, 0.1) is 17.9 Å². The topological polar surface area (TPSA) is 106 Å². The molecule has 2 heterocycles. The summed E-state index contributed by atoms with van der Waals surface area (Å²) in [5.41, 5.74) is 1.85. The standard InChI is InChI=1S/C22H19FN6O2/c23-18-10-5-13(20-24-12-19-21(26-20)28-29-27-19)11-17(18)22(30)25-14-6-8-16(9-7-14)31-15-3-1-2-4-15/h5-12,15H,1-4H2,(H,25,30)(H,24,26,27,28,29). The molecule has 0 bridgehead atoms. The lowest BCUT2D eigenvalue weighted by molar-refractivity contribution is 0.102. The summed E-state index contributed by atoms with van der Waals surface area (Å²) in [6.45, 7) is 0. The van der Waals surface area contributed by atoms with E-state index >= 15 is 0 Å². The second-order valence-electron chi connectivity index (χ2n) is 7.42. The summed E-state index contributed by atoms with van der Waals surface area (Å²) in [4.78, 5) is 21.2. The Morgan fingerprint density at radius 2 is 1.90 bits per heavy atom. The van der Waals surface area contributed by atoms with Gasteiger partial charge < -0.3 is 10.1 Å². The minimum atomic E-state index is -0.634. The molecule has 0 saturated heterocycles. The fourth-order valence-corrected chi connectivity index (χ4v) is 3.65. The molecule has 31 heavy (non-hydrogen) atoms. The fraction of sp³-hybridized carbons (Fsp3) is 0.227. The summed E-state index contributed by atoms with van der Waals surface area (Å²) >= 11 is 0. The van der Waals surface area contributed by atoms with Crippen LogP contribution in [-0.2, 0) is 0 Å². The Kier molecular flexibility index (Phi) is 4.99. The van der Waals surface area contributed by atoms with Gasteiger partial charge in [-0.3, -0.25) is 4.79 Å². The Hall–Kier alpha value is -3.88. The Morgan fingerprint density at radius 3 is 2.71 bits per heavy atom. The number of rotatable bonds is 5. The van der Waals surface area contributed by atoms with E-state index in [1.54, 1.807) is 12.1 Å². The smallest absolute Gasteiger partial charge is 0.258 e. The molecule has 9 heteroatoms. The first-order valence-electron chi connectivity index (χ1n) is 10.1. The molecule has 0 spiro atoms. The van der Waals surface area contributed by atoms with E-state index in [0.29, 0.717) is 28.2 Å². The lowest BCUT2D eigenvalue weighted by atomic mass is 10.1. The summed E-state index contributed by atoms with van der Waals surface area (Å²) in [5.74, 6) is -0.112. The Labute approximate surface area is 176 Å². The summed E-state index contributed by atoms with van der Waals surface area (Å²) in [6.07, 6.45) is 6.31. The van der Waals surface area contributed by atoms with Gasteiger partial charge in [-0.1, -0.05) is 0 Å². The predicted octanol–water partition coefficient (Wildman–Crippen LogP) is 4.13. The van der Waals surface area contributed by atoms with Crippen LogP contribution in [0.5, 0.6) is 5.75 Å². The first kappa shape index (κ1) is 19.1. The van der Waals surface area contributed by atoms with E-state index < -0.39 is 11.7 Å². The molecule has 2 N–H and O–H groups in total. The maximum absolute atomic E-state index is 14.4. The maximum atomic E-state index is 14.4. The van der Waals surface area contributed by atoms with Crippen LogP contribution in [0.4, 0.5) is 10.1 Å². The van der Waals surface area contributed by atoms with E-state index in [9.17, 15) is 9.18 Å². The van der Waals surface area contributed by atoms with Crippen molar-refractivity contribution in [2.45, 2.75) is 31.8 Å². The van der Waals surface area contributed by atoms with Crippen molar-refractivity contribution in [3.8, 4) is 17.1 Å². The molecule has 1 amide bonds. The van der Waals surface area contributed by atoms with Crippen molar-refractivity contribution in [3.05, 3.63) is 60.0 Å². The van der Waals surface area contributed by atoms with Crippen LogP contribution in [0, 0.1) is 5.82 Å². The maximum Gasteiger partial charge on any atom is 0.258 e. The van der Waals surface area contributed by atoms with Crippen molar-refractivity contribution < 1.29 is 13.9 Å². The number of H-pyrrole nitrogens is 1. The summed E-state index contributed by atoms with van der Waals surface area (Å²) in [7, 11) is 0. The lowest BCUT2D eigenvalue weighted by Crippen LogP contribution is -2.14. The van der Waals surface area contributed by atoms with Gasteiger partial charge in [0.2, 0.25) is 5.65 Å². The fourth-order valence-electron chi connectivity index (χ4n) is 3.65. The first-order valence-corrected chi connectivity index (χ1v) is 10.1. The third kappa shape index (κ3) is 4.07. The van der Waals surface area contributed by atoms with Gasteiger partial charge in [-0.25, -0.2) is 14.4 Å². The van der Waals surface area contributed by atoms with Crippen LogP contribution in [0.1, 0.15) is 36.0 Å². The lowest BCUT2D eigenvalue weighted by Gasteiger charge is -2.13. The number of hydrogen-bond acceptors (Lipinski definition) is 6. The number of anilines is 1. The van der Waals surface area contributed by atoms with Crippen molar-refractivity contribution in [2.75, 3.05) is 5.32 Å². The summed E-state index contributed by atoms with van der Waals surface area (Å²) in [5, 5.41) is 13.0. The zero-order valence-corrected chi connectivity index (χ0v) is 16.5. The van der Waals surface area contributed by atoms with Gasteiger partial charge in [0.1, 0.15) is 17.1 Å². The first-order chi connectivity index (χ1) is 15.2. The zero-order valence-electron chi connectivity index (χ0n) is 16.5. The van der Waals surface area contributed by atoms with Gasteiger partial charge >= 0.3 is 0 Å². The average molecular weight is 418 g/mol. The van der Waals surface area contributed by atoms with Gasteiger partial charge in [-0.05, 0) is 68.1 Å². The van der Waals surface area contributed by atoms with Crippen LogP contribution in [0.2, 0.25) is 0 Å². The van der Waals surface area contributed by atoms with Crippen LogP contribution < -0.4 is 10.1 Å². The second-order valence-corrected chi connectivity index (χ2v) is 7.42. The third-order valence-corrected chi connectivity index (χ3v) is 5.26. The normalized spacial score (nSPS) is 14.1. The van der Waals surface area contributed by atoms with E-state index in [1.807, 2.05) is 12.1 Å². The highest BCUT2D eigenvalue weighted by Crippen LogP contribution is 2.26. The van der Waals surface area contributed by atoms with E-state index in [2.05, 4.69) is 30.7 Å². The predicted molar refractivity (Wildman–Crippen MR) is 112 cm³/mol. The van der Waals surface area contributed by atoms with Crippen molar-refractivity contribution in [1.29, 1.82) is 0 Å². The number of ether oxygens (including phenoxy) is 1. The largest absolute Gasteiger partial charge is 0.490 e. The highest BCUT2D eigenvalue weighted by atomic mass is 19.1. The van der Waals surface area contributed by atoms with Gasteiger partial charge in [0.15, 0.2) is 5.82 Å². The van der Waals surface area contributed by atoms with E-state index in [-0.39, 0.29) is 11.7 Å². The number of aromatic amines is 1. The molecule has 0 atom stereocenters. The molecule has 8 nitrogen and oxygen atoms in total. The van der Waals surface area contributed by atoms with Crippen LogP contribution >= 0.6 is 0 Å². The molecule has 1 saturated carbocycles. The number of nitrogens with zero attached hydrogens (tertiary/aromatic N) is 4. The zero-order chi connectivity index (χ0) is 21.2. The number of fused-ring (bicyclic) bond motifs is 1. The molecular weight excluding hydrogens is 399 g/mol. The molecule has 0 unspecified atom stereocenters. The third-order valence-electron chi connectivity index (χ3n) is 5.26. The molecule has 0 aliphatic heterocycles. The number of halogens is 1. The molecule has 2 aromatic carbocycles. The summed E-state index contributed by atoms with van der Waals surface area (Å²) < 4.78 is 20.3. The van der Waals surface area contributed by atoms with Crippen molar-refractivity contribution in [2.24, 2.45) is 0 Å². The molecule has 156 valence electrons. The van der Waals surface area contributed by atoms with Gasteiger partial charge in [0, 0.05) is 11.3 Å². The summed E-state index contributed by atoms with van der Waals surface area (Å²) in [6, 6.07) is 11.3. The second kappa shape index (κ2) is 8.10. The number of benzene rings is 2. The quantitative estimate of drug-likeness (QED) is 0.505. The number of carbonyl (C=O) groups is 1. The highest BCUT2D eigenvalue weighted by Gasteiger charge is 2.17. The number of carbonyl (C=O) groups excluding carboxylic acids is 1. The average Bonchev–Trinajstić information content (AvgIpc) is 3.46. The van der Waals surface area contributed by atoms with Gasteiger partial charge in [0.25, 0.3) is 5.91 Å². The molecule has 5 rings (SSSR count).